The fourth-order valence-corrected chi connectivity index (χ4v) is 5.35. The second kappa shape index (κ2) is 9.87. The third kappa shape index (κ3) is 4.71. The summed E-state index contributed by atoms with van der Waals surface area (Å²) in [4.78, 5) is 15.3. The van der Waals surface area contributed by atoms with Crippen LogP contribution < -0.4 is 14.2 Å². The van der Waals surface area contributed by atoms with E-state index in [1.165, 1.54) is 0 Å². The molecule has 2 aromatic rings. The number of carbonyl (C=O) groups is 1. The van der Waals surface area contributed by atoms with Crippen LogP contribution in [0, 0.1) is 5.92 Å². The van der Waals surface area contributed by atoms with Crippen molar-refractivity contribution in [1.29, 1.82) is 0 Å². The fraction of sp³-hybridized carbons (Fsp3) is 0.444. The Morgan fingerprint density at radius 3 is 2.42 bits per heavy atom. The van der Waals surface area contributed by atoms with Crippen LogP contribution in [-0.2, 0) is 4.79 Å². The van der Waals surface area contributed by atoms with Crippen LogP contribution in [0.4, 0.5) is 0 Å². The number of piperidine rings is 1. The molecular formula is C27H33NO5. The molecule has 176 valence electrons. The summed E-state index contributed by atoms with van der Waals surface area (Å²) in [7, 11) is 4.88. The molecule has 4 rings (SSSR count). The van der Waals surface area contributed by atoms with Crippen molar-refractivity contribution in [3.8, 4) is 17.2 Å². The maximum atomic E-state index is 13.4. The van der Waals surface area contributed by atoms with Crippen molar-refractivity contribution < 1.29 is 24.1 Å². The number of hydrogen-bond acceptors (Lipinski definition) is 5. The van der Waals surface area contributed by atoms with Crippen molar-refractivity contribution in [3.63, 3.8) is 0 Å². The van der Waals surface area contributed by atoms with E-state index in [-0.39, 0.29) is 17.9 Å². The van der Waals surface area contributed by atoms with Crippen molar-refractivity contribution in [1.82, 2.24) is 4.90 Å². The van der Waals surface area contributed by atoms with E-state index < -0.39 is 5.60 Å². The quantitative estimate of drug-likeness (QED) is 0.649. The van der Waals surface area contributed by atoms with Gasteiger partial charge in [-0.2, -0.15) is 0 Å². The van der Waals surface area contributed by atoms with E-state index in [1.807, 2.05) is 53.4 Å². The molecule has 1 heterocycles. The summed E-state index contributed by atoms with van der Waals surface area (Å²) in [5, 5.41) is 11.5. The number of nitrogens with zero attached hydrogens (tertiary/aromatic N) is 1. The van der Waals surface area contributed by atoms with Gasteiger partial charge in [-0.15, -0.1) is 0 Å². The van der Waals surface area contributed by atoms with E-state index in [0.29, 0.717) is 24.5 Å². The van der Waals surface area contributed by atoms with Gasteiger partial charge in [0.25, 0.3) is 0 Å². The minimum Gasteiger partial charge on any atom is -0.497 e. The number of ether oxygens (including phenoxy) is 3. The molecule has 6 heteroatoms. The third-order valence-electron chi connectivity index (χ3n) is 7.14. The molecule has 0 bridgehead atoms. The predicted octanol–water partition coefficient (Wildman–Crippen LogP) is 4.62. The minimum atomic E-state index is -0.760. The molecule has 1 aliphatic carbocycles. The number of likely N-dealkylation sites (tertiary alicyclic amines) is 1. The summed E-state index contributed by atoms with van der Waals surface area (Å²) in [5.74, 6) is 2.04. The maximum absolute atomic E-state index is 13.4. The highest BCUT2D eigenvalue weighted by Crippen LogP contribution is 2.51. The zero-order valence-corrected chi connectivity index (χ0v) is 19.6. The molecule has 1 N–H and O–H groups in total. The summed E-state index contributed by atoms with van der Waals surface area (Å²) >= 11 is 0. The maximum Gasteiger partial charge on any atom is 0.247 e. The van der Waals surface area contributed by atoms with Gasteiger partial charge in [0.05, 0.1) is 33.0 Å². The Morgan fingerprint density at radius 1 is 1.00 bits per heavy atom. The Morgan fingerprint density at radius 2 is 1.73 bits per heavy atom. The average Bonchev–Trinajstić information content (AvgIpc) is 2.86. The van der Waals surface area contributed by atoms with E-state index in [4.69, 9.17) is 14.2 Å². The molecular weight excluding hydrogens is 418 g/mol. The number of benzene rings is 2. The first-order valence-electron chi connectivity index (χ1n) is 11.6. The smallest absolute Gasteiger partial charge is 0.247 e. The molecule has 1 amide bonds. The standard InChI is InChI=1S/C27H33NO5/c1-31-20-10-7-19(8-11-20)9-14-25(29)28-17-16-27(30)15-5-4-6-23(27)26(28)22-13-12-21(32-2)18-24(22)33-3/h7-14,18,23,26,30H,4-6,15-17H2,1-3H3/b14-9+/t23-,26-,27+/m0/s1. The first kappa shape index (κ1) is 23.2. The van der Waals surface area contributed by atoms with Crippen molar-refractivity contribution >= 4 is 12.0 Å². The van der Waals surface area contributed by atoms with E-state index in [0.717, 1.165) is 42.6 Å². The van der Waals surface area contributed by atoms with Crippen molar-refractivity contribution in [2.75, 3.05) is 27.9 Å². The second-order valence-corrected chi connectivity index (χ2v) is 8.90. The predicted molar refractivity (Wildman–Crippen MR) is 128 cm³/mol. The second-order valence-electron chi connectivity index (χ2n) is 8.90. The highest BCUT2D eigenvalue weighted by Gasteiger charge is 2.50. The zero-order valence-electron chi connectivity index (χ0n) is 19.6. The largest absolute Gasteiger partial charge is 0.497 e. The molecule has 6 nitrogen and oxygen atoms in total. The first-order chi connectivity index (χ1) is 16.0. The van der Waals surface area contributed by atoms with Gasteiger partial charge in [0.15, 0.2) is 0 Å². The number of aliphatic hydroxyl groups is 1. The van der Waals surface area contributed by atoms with Gasteiger partial charge in [0.2, 0.25) is 5.91 Å². The highest BCUT2D eigenvalue weighted by atomic mass is 16.5. The van der Waals surface area contributed by atoms with Gasteiger partial charge in [0.1, 0.15) is 17.2 Å². The Kier molecular flexibility index (Phi) is 6.94. The molecule has 1 saturated heterocycles. The number of amides is 1. The SMILES string of the molecule is COc1ccc(/C=C/C(=O)N2CC[C@]3(O)CCCC[C@H]3[C@@H]2c2ccc(OC)cc2OC)cc1. The van der Waals surface area contributed by atoms with Crippen molar-refractivity contribution in [2.24, 2.45) is 5.92 Å². The topological polar surface area (TPSA) is 68.2 Å². The number of rotatable bonds is 6. The van der Waals surface area contributed by atoms with Crippen molar-refractivity contribution in [2.45, 2.75) is 43.7 Å². The van der Waals surface area contributed by atoms with Crippen LogP contribution in [0.2, 0.25) is 0 Å². The summed E-state index contributed by atoms with van der Waals surface area (Å²) in [5.41, 5.74) is 1.08. The van der Waals surface area contributed by atoms with Gasteiger partial charge in [-0.05, 0) is 55.2 Å². The van der Waals surface area contributed by atoms with Gasteiger partial charge in [0, 0.05) is 30.2 Å². The molecule has 33 heavy (non-hydrogen) atoms. The summed E-state index contributed by atoms with van der Waals surface area (Å²) in [6.45, 7) is 0.499. The fourth-order valence-electron chi connectivity index (χ4n) is 5.35. The van der Waals surface area contributed by atoms with E-state index in [9.17, 15) is 9.90 Å². The summed E-state index contributed by atoms with van der Waals surface area (Å²) in [6.07, 6.45) is 7.76. The number of hydrogen-bond donors (Lipinski definition) is 1. The number of fused-ring (bicyclic) bond motifs is 1. The molecule has 2 fully saturated rings. The molecule has 0 aromatic heterocycles. The molecule has 1 saturated carbocycles. The summed E-state index contributed by atoms with van der Waals surface area (Å²) < 4.78 is 16.3. The van der Waals surface area contributed by atoms with E-state index in [2.05, 4.69) is 0 Å². The molecule has 1 aliphatic heterocycles. The number of methoxy groups -OCH3 is 3. The van der Waals surface area contributed by atoms with Crippen LogP contribution in [0.25, 0.3) is 6.08 Å². The van der Waals surface area contributed by atoms with Crippen LogP contribution in [0.15, 0.2) is 48.5 Å². The normalized spacial score (nSPS) is 24.9. The van der Waals surface area contributed by atoms with Gasteiger partial charge >= 0.3 is 0 Å². The van der Waals surface area contributed by atoms with Crippen LogP contribution in [0.5, 0.6) is 17.2 Å². The Labute approximate surface area is 195 Å². The summed E-state index contributed by atoms with van der Waals surface area (Å²) in [6, 6.07) is 13.0. The first-order valence-corrected chi connectivity index (χ1v) is 11.6. The number of carbonyl (C=O) groups excluding carboxylic acids is 1. The molecule has 0 radical (unpaired) electrons. The third-order valence-corrected chi connectivity index (χ3v) is 7.14. The van der Waals surface area contributed by atoms with Crippen LogP contribution in [0.1, 0.15) is 49.3 Å². The molecule has 0 unspecified atom stereocenters. The van der Waals surface area contributed by atoms with Crippen molar-refractivity contribution in [3.05, 3.63) is 59.7 Å². The van der Waals surface area contributed by atoms with E-state index >= 15 is 0 Å². The van der Waals surface area contributed by atoms with Crippen LogP contribution in [-0.4, -0.2) is 49.4 Å². The molecule has 2 aromatic carbocycles. The lowest BCUT2D eigenvalue weighted by molar-refractivity contribution is -0.151. The van der Waals surface area contributed by atoms with Gasteiger partial charge < -0.3 is 24.2 Å². The average molecular weight is 452 g/mol. The molecule has 3 atom stereocenters. The van der Waals surface area contributed by atoms with Crippen LogP contribution >= 0.6 is 0 Å². The lowest BCUT2D eigenvalue weighted by atomic mass is 9.66. The Bertz CT molecular complexity index is 1000. The van der Waals surface area contributed by atoms with Gasteiger partial charge in [-0.3, -0.25) is 4.79 Å². The lowest BCUT2D eigenvalue weighted by Gasteiger charge is -2.52. The molecule has 0 spiro atoms. The van der Waals surface area contributed by atoms with Gasteiger partial charge in [-0.25, -0.2) is 0 Å². The van der Waals surface area contributed by atoms with Gasteiger partial charge in [-0.1, -0.05) is 25.0 Å². The van der Waals surface area contributed by atoms with E-state index in [1.54, 1.807) is 27.4 Å². The Hall–Kier alpha value is -2.99. The lowest BCUT2D eigenvalue weighted by Crippen LogP contribution is -2.56. The zero-order chi connectivity index (χ0) is 23.4. The minimum absolute atomic E-state index is 0.0411. The molecule has 2 aliphatic rings. The monoisotopic (exact) mass is 451 g/mol. The highest BCUT2D eigenvalue weighted by molar-refractivity contribution is 5.92. The Balaban J connectivity index is 1.68. The van der Waals surface area contributed by atoms with Crippen LogP contribution in [0.3, 0.4) is 0 Å².